The maximum atomic E-state index is 10.1. The number of phenols is 1. The Balaban J connectivity index is 2.13. The van der Waals surface area contributed by atoms with E-state index in [1.165, 1.54) is 18.2 Å². The van der Waals surface area contributed by atoms with Crippen LogP contribution in [0, 0.1) is 6.92 Å². The Bertz CT molecular complexity index is 628. The number of halogens is 1. The number of nitrogens with one attached hydrogen (secondary N) is 1. The molecule has 0 radical (unpaired) electrons. The molecule has 2 N–H and O–H groups in total. The Morgan fingerprint density at radius 1 is 1.29 bits per heavy atom. The second-order valence-corrected chi connectivity index (χ2v) is 5.51. The minimum absolute atomic E-state index is 0.131. The molecule has 21 heavy (non-hydrogen) atoms. The van der Waals surface area contributed by atoms with Crippen LogP contribution in [-0.2, 0) is 6.54 Å². The van der Waals surface area contributed by atoms with Gasteiger partial charge < -0.3 is 15.2 Å². The van der Waals surface area contributed by atoms with Crippen molar-refractivity contribution < 1.29 is 9.84 Å². The van der Waals surface area contributed by atoms with Crippen LogP contribution in [0.25, 0.3) is 0 Å². The van der Waals surface area contributed by atoms with Crippen LogP contribution in [0.15, 0.2) is 36.4 Å². The molecule has 3 nitrogen and oxygen atoms in total. The SMILES string of the molecule is COc1cc(Cl)cc(CNC(C)c2ccccc2C)c1O. The third kappa shape index (κ3) is 3.69. The Morgan fingerprint density at radius 2 is 2.00 bits per heavy atom. The zero-order valence-electron chi connectivity index (χ0n) is 12.5. The zero-order valence-corrected chi connectivity index (χ0v) is 13.2. The highest BCUT2D eigenvalue weighted by molar-refractivity contribution is 6.30. The molecule has 2 rings (SSSR count). The van der Waals surface area contributed by atoms with Gasteiger partial charge in [0, 0.05) is 29.2 Å². The normalized spacial score (nSPS) is 12.2. The van der Waals surface area contributed by atoms with E-state index in [1.54, 1.807) is 12.1 Å². The van der Waals surface area contributed by atoms with E-state index in [9.17, 15) is 5.11 Å². The molecular formula is C17H20ClNO2. The lowest BCUT2D eigenvalue weighted by Crippen LogP contribution is -2.19. The molecule has 0 amide bonds. The summed E-state index contributed by atoms with van der Waals surface area (Å²) in [4.78, 5) is 0. The second kappa shape index (κ2) is 6.83. The molecule has 2 aromatic rings. The summed E-state index contributed by atoms with van der Waals surface area (Å²) in [5.41, 5.74) is 3.20. The molecule has 112 valence electrons. The van der Waals surface area contributed by atoms with Crippen LogP contribution < -0.4 is 10.1 Å². The number of ether oxygens (including phenoxy) is 1. The van der Waals surface area contributed by atoms with E-state index in [4.69, 9.17) is 16.3 Å². The minimum atomic E-state index is 0.131. The van der Waals surface area contributed by atoms with Crippen LogP contribution in [0.3, 0.4) is 0 Å². The average Bonchev–Trinajstić information content (AvgIpc) is 2.47. The first-order chi connectivity index (χ1) is 10.0. The second-order valence-electron chi connectivity index (χ2n) is 5.07. The fourth-order valence-electron chi connectivity index (χ4n) is 2.36. The first kappa shape index (κ1) is 15.7. The Hall–Kier alpha value is -1.71. The van der Waals surface area contributed by atoms with Crippen molar-refractivity contribution in [2.24, 2.45) is 0 Å². The highest BCUT2D eigenvalue weighted by Gasteiger charge is 2.12. The van der Waals surface area contributed by atoms with Gasteiger partial charge in [-0.1, -0.05) is 35.9 Å². The molecule has 0 heterocycles. The monoisotopic (exact) mass is 305 g/mol. The molecule has 1 atom stereocenters. The third-order valence-electron chi connectivity index (χ3n) is 3.59. The minimum Gasteiger partial charge on any atom is -0.504 e. The highest BCUT2D eigenvalue weighted by Crippen LogP contribution is 2.33. The van der Waals surface area contributed by atoms with Crippen LogP contribution in [0.2, 0.25) is 5.02 Å². The van der Waals surface area contributed by atoms with Crippen molar-refractivity contribution in [2.75, 3.05) is 7.11 Å². The summed E-state index contributed by atoms with van der Waals surface area (Å²) in [6.45, 7) is 4.70. The van der Waals surface area contributed by atoms with Crippen LogP contribution >= 0.6 is 11.6 Å². The topological polar surface area (TPSA) is 41.5 Å². The summed E-state index contributed by atoms with van der Waals surface area (Å²) in [5, 5.41) is 14.1. The number of benzene rings is 2. The van der Waals surface area contributed by atoms with Crippen molar-refractivity contribution in [1.29, 1.82) is 0 Å². The van der Waals surface area contributed by atoms with E-state index >= 15 is 0 Å². The Morgan fingerprint density at radius 3 is 2.67 bits per heavy atom. The fraction of sp³-hybridized carbons (Fsp3) is 0.294. The lowest BCUT2D eigenvalue weighted by molar-refractivity contribution is 0.369. The largest absolute Gasteiger partial charge is 0.504 e. The lowest BCUT2D eigenvalue weighted by Gasteiger charge is -2.17. The summed E-state index contributed by atoms with van der Waals surface area (Å²) in [6.07, 6.45) is 0. The van der Waals surface area contributed by atoms with Crippen molar-refractivity contribution in [2.45, 2.75) is 26.4 Å². The van der Waals surface area contributed by atoms with E-state index < -0.39 is 0 Å². The van der Waals surface area contributed by atoms with Gasteiger partial charge in [-0.2, -0.15) is 0 Å². The molecule has 1 unspecified atom stereocenters. The number of rotatable bonds is 5. The summed E-state index contributed by atoms with van der Waals surface area (Å²) >= 11 is 6.04. The number of hydrogen-bond acceptors (Lipinski definition) is 3. The van der Waals surface area contributed by atoms with Gasteiger partial charge in [0.2, 0.25) is 0 Å². The number of phenolic OH excluding ortho intramolecular Hbond substituents is 1. The van der Waals surface area contributed by atoms with Gasteiger partial charge in [0.25, 0.3) is 0 Å². The fourth-order valence-corrected chi connectivity index (χ4v) is 2.60. The van der Waals surface area contributed by atoms with E-state index in [0.29, 0.717) is 17.3 Å². The molecule has 0 aliphatic carbocycles. The molecule has 0 fully saturated rings. The van der Waals surface area contributed by atoms with Gasteiger partial charge in [-0.15, -0.1) is 0 Å². The van der Waals surface area contributed by atoms with E-state index in [2.05, 4.69) is 31.3 Å². The molecule has 0 aliphatic heterocycles. The molecular weight excluding hydrogens is 286 g/mol. The predicted octanol–water partition coefficient (Wildman–Crippen LogP) is 4.21. The molecule has 0 aliphatic rings. The molecule has 4 heteroatoms. The molecule has 0 bridgehead atoms. The molecule has 0 saturated carbocycles. The Kier molecular flexibility index (Phi) is 5.10. The molecule has 0 spiro atoms. The average molecular weight is 306 g/mol. The van der Waals surface area contributed by atoms with E-state index in [-0.39, 0.29) is 11.8 Å². The third-order valence-corrected chi connectivity index (χ3v) is 3.81. The van der Waals surface area contributed by atoms with Gasteiger partial charge in [-0.25, -0.2) is 0 Å². The lowest BCUT2D eigenvalue weighted by atomic mass is 10.0. The van der Waals surface area contributed by atoms with Crippen LogP contribution in [0.1, 0.15) is 29.7 Å². The number of methoxy groups -OCH3 is 1. The summed E-state index contributed by atoms with van der Waals surface area (Å²) in [7, 11) is 1.51. The van der Waals surface area contributed by atoms with Crippen molar-refractivity contribution in [3.05, 3.63) is 58.1 Å². The number of aryl methyl sites for hydroxylation is 1. The van der Waals surface area contributed by atoms with Gasteiger partial charge in [0.05, 0.1) is 7.11 Å². The van der Waals surface area contributed by atoms with Crippen LogP contribution in [0.5, 0.6) is 11.5 Å². The first-order valence-electron chi connectivity index (χ1n) is 6.87. The molecule has 0 saturated heterocycles. The Labute approximate surface area is 130 Å². The first-order valence-corrected chi connectivity index (χ1v) is 7.25. The van der Waals surface area contributed by atoms with Crippen molar-refractivity contribution in [3.63, 3.8) is 0 Å². The van der Waals surface area contributed by atoms with Gasteiger partial charge in [-0.3, -0.25) is 0 Å². The van der Waals surface area contributed by atoms with Crippen molar-refractivity contribution >= 4 is 11.6 Å². The van der Waals surface area contributed by atoms with Crippen LogP contribution in [-0.4, -0.2) is 12.2 Å². The predicted molar refractivity (Wildman–Crippen MR) is 86.1 cm³/mol. The molecule has 2 aromatic carbocycles. The maximum absolute atomic E-state index is 10.1. The number of aromatic hydroxyl groups is 1. The standard InChI is InChI=1S/C17H20ClNO2/c1-11-6-4-5-7-15(11)12(2)19-10-13-8-14(18)9-16(21-3)17(13)20/h4-9,12,19-20H,10H2,1-3H3. The van der Waals surface area contributed by atoms with Crippen molar-refractivity contribution in [1.82, 2.24) is 5.32 Å². The van der Waals surface area contributed by atoms with Gasteiger partial charge >= 0.3 is 0 Å². The smallest absolute Gasteiger partial charge is 0.162 e. The van der Waals surface area contributed by atoms with Gasteiger partial charge in [-0.05, 0) is 31.0 Å². The quantitative estimate of drug-likeness (QED) is 0.869. The summed E-state index contributed by atoms with van der Waals surface area (Å²) in [5.74, 6) is 0.522. The zero-order chi connectivity index (χ0) is 15.4. The van der Waals surface area contributed by atoms with Crippen LogP contribution in [0.4, 0.5) is 0 Å². The summed E-state index contributed by atoms with van der Waals surface area (Å²) in [6, 6.07) is 11.8. The maximum Gasteiger partial charge on any atom is 0.162 e. The number of hydrogen-bond donors (Lipinski definition) is 2. The molecule has 0 aromatic heterocycles. The van der Waals surface area contributed by atoms with E-state index in [1.807, 2.05) is 12.1 Å². The summed E-state index contributed by atoms with van der Waals surface area (Å²) < 4.78 is 5.11. The van der Waals surface area contributed by atoms with E-state index in [0.717, 1.165) is 5.56 Å². The van der Waals surface area contributed by atoms with Gasteiger partial charge in [0.15, 0.2) is 11.5 Å². The van der Waals surface area contributed by atoms with Crippen molar-refractivity contribution in [3.8, 4) is 11.5 Å². The van der Waals surface area contributed by atoms with Gasteiger partial charge in [0.1, 0.15) is 0 Å². The highest BCUT2D eigenvalue weighted by atomic mass is 35.5.